The van der Waals surface area contributed by atoms with Crippen LogP contribution >= 0.6 is 23.2 Å². The second-order valence-corrected chi connectivity index (χ2v) is 5.19. The molecule has 0 unspecified atom stereocenters. The highest BCUT2D eigenvalue weighted by Gasteiger charge is 2.12. The molecule has 1 amide bonds. The maximum Gasteiger partial charge on any atom is 0.274 e. The van der Waals surface area contributed by atoms with Crippen molar-refractivity contribution < 1.29 is 4.79 Å². The summed E-state index contributed by atoms with van der Waals surface area (Å²) in [7, 11) is 0. The fourth-order valence-corrected chi connectivity index (χ4v) is 2.48. The van der Waals surface area contributed by atoms with Crippen LogP contribution in [0.5, 0.6) is 0 Å². The molecule has 106 valence electrons. The molecule has 21 heavy (non-hydrogen) atoms. The average molecular weight is 323 g/mol. The highest BCUT2D eigenvalue weighted by atomic mass is 35.5. The van der Waals surface area contributed by atoms with Gasteiger partial charge in [0.2, 0.25) is 0 Å². The summed E-state index contributed by atoms with van der Waals surface area (Å²) < 4.78 is 1.29. The Kier molecular flexibility index (Phi) is 3.19. The number of nitrogens with zero attached hydrogens (tertiary/aromatic N) is 2. The molecular weight excluding hydrogens is 315 g/mol. The van der Waals surface area contributed by atoms with E-state index >= 15 is 0 Å². The fraction of sp³-hybridized carbons (Fsp3) is 0. The number of benzene rings is 1. The molecule has 6 nitrogen and oxygen atoms in total. The number of primary amides is 1. The number of hydrogen-bond acceptors (Lipinski definition) is 3. The first-order valence-electron chi connectivity index (χ1n) is 5.83. The van der Waals surface area contributed by atoms with Crippen molar-refractivity contribution in [3.8, 4) is 11.3 Å². The lowest BCUT2D eigenvalue weighted by Crippen LogP contribution is -2.12. The van der Waals surface area contributed by atoms with Gasteiger partial charge in [0.15, 0.2) is 5.69 Å². The molecule has 0 bridgehead atoms. The Morgan fingerprint density at radius 1 is 1.29 bits per heavy atom. The SMILES string of the molecule is NC(=O)c1cc2c(=O)[nH]c(-c3ccc(Cl)cc3Cl)cn2n1. The second-order valence-electron chi connectivity index (χ2n) is 4.34. The maximum atomic E-state index is 12.0. The van der Waals surface area contributed by atoms with Gasteiger partial charge in [-0.2, -0.15) is 5.10 Å². The van der Waals surface area contributed by atoms with Crippen molar-refractivity contribution in [1.82, 2.24) is 14.6 Å². The third kappa shape index (κ3) is 2.39. The van der Waals surface area contributed by atoms with E-state index in [4.69, 9.17) is 28.9 Å². The number of H-pyrrole nitrogens is 1. The standard InChI is InChI=1S/C13H8Cl2N4O2/c14-6-1-2-7(8(15)3-6)10-5-19-11(13(21)17-10)4-9(18-19)12(16)20/h1-5H,(H2,16,20)(H,17,21). The van der Waals surface area contributed by atoms with E-state index in [0.717, 1.165) is 0 Å². The zero-order valence-corrected chi connectivity index (χ0v) is 11.9. The van der Waals surface area contributed by atoms with Crippen molar-refractivity contribution in [3.63, 3.8) is 0 Å². The van der Waals surface area contributed by atoms with Crippen LogP contribution in [0.3, 0.4) is 0 Å². The van der Waals surface area contributed by atoms with Gasteiger partial charge in [-0.3, -0.25) is 9.59 Å². The first-order valence-corrected chi connectivity index (χ1v) is 6.59. The molecule has 0 saturated heterocycles. The number of nitrogens with one attached hydrogen (secondary N) is 1. The molecular formula is C13H8Cl2N4O2. The molecule has 8 heteroatoms. The Morgan fingerprint density at radius 3 is 2.71 bits per heavy atom. The third-order valence-electron chi connectivity index (χ3n) is 2.94. The molecule has 0 atom stereocenters. The van der Waals surface area contributed by atoms with Gasteiger partial charge in [-0.25, -0.2) is 4.52 Å². The highest BCUT2D eigenvalue weighted by molar-refractivity contribution is 6.36. The van der Waals surface area contributed by atoms with Crippen LogP contribution in [-0.4, -0.2) is 20.5 Å². The number of fused-ring (bicyclic) bond motifs is 1. The van der Waals surface area contributed by atoms with Crippen molar-refractivity contribution in [2.75, 3.05) is 0 Å². The molecule has 0 aliphatic carbocycles. The minimum Gasteiger partial charge on any atom is -0.364 e. The number of aromatic amines is 1. The minimum atomic E-state index is -0.704. The zero-order chi connectivity index (χ0) is 15.1. The quantitative estimate of drug-likeness (QED) is 0.756. The summed E-state index contributed by atoms with van der Waals surface area (Å²) in [4.78, 5) is 25.9. The highest BCUT2D eigenvalue weighted by Crippen LogP contribution is 2.28. The smallest absolute Gasteiger partial charge is 0.274 e. The zero-order valence-electron chi connectivity index (χ0n) is 10.4. The van der Waals surface area contributed by atoms with E-state index in [2.05, 4.69) is 10.1 Å². The van der Waals surface area contributed by atoms with Gasteiger partial charge in [0.1, 0.15) is 5.52 Å². The van der Waals surface area contributed by atoms with Gasteiger partial charge in [-0.1, -0.05) is 23.2 Å². The van der Waals surface area contributed by atoms with Gasteiger partial charge in [0.05, 0.1) is 16.9 Å². The van der Waals surface area contributed by atoms with E-state index in [1.54, 1.807) is 24.4 Å². The summed E-state index contributed by atoms with van der Waals surface area (Å²) in [5.74, 6) is -0.704. The second kappa shape index (κ2) is 4.91. The number of amides is 1. The summed E-state index contributed by atoms with van der Waals surface area (Å²) in [5.41, 5.74) is 6.03. The van der Waals surface area contributed by atoms with Gasteiger partial charge in [0, 0.05) is 16.7 Å². The Morgan fingerprint density at radius 2 is 2.05 bits per heavy atom. The lowest BCUT2D eigenvalue weighted by atomic mass is 10.1. The summed E-state index contributed by atoms with van der Waals surface area (Å²) in [6.45, 7) is 0. The van der Waals surface area contributed by atoms with Gasteiger partial charge in [-0.15, -0.1) is 0 Å². The molecule has 2 heterocycles. The van der Waals surface area contributed by atoms with Gasteiger partial charge in [0.25, 0.3) is 11.5 Å². The molecule has 3 N–H and O–H groups in total. The van der Waals surface area contributed by atoms with Crippen LogP contribution < -0.4 is 11.3 Å². The van der Waals surface area contributed by atoms with E-state index in [1.165, 1.54) is 10.6 Å². The molecule has 3 aromatic rings. The normalized spacial score (nSPS) is 11.0. The van der Waals surface area contributed by atoms with Gasteiger partial charge < -0.3 is 10.7 Å². The first kappa shape index (κ1) is 13.7. The summed E-state index contributed by atoms with van der Waals surface area (Å²) in [6, 6.07) is 6.23. The monoisotopic (exact) mass is 322 g/mol. The number of aromatic nitrogens is 3. The van der Waals surface area contributed by atoms with E-state index in [0.29, 0.717) is 21.3 Å². The lowest BCUT2D eigenvalue weighted by Gasteiger charge is -2.05. The third-order valence-corrected chi connectivity index (χ3v) is 3.49. The van der Waals surface area contributed by atoms with E-state index in [-0.39, 0.29) is 11.2 Å². The lowest BCUT2D eigenvalue weighted by molar-refractivity contribution is 0.0995. The molecule has 1 aromatic carbocycles. The number of nitrogens with two attached hydrogens (primary N) is 1. The van der Waals surface area contributed by atoms with Crippen molar-refractivity contribution >= 4 is 34.6 Å². The predicted molar refractivity (Wildman–Crippen MR) is 79.8 cm³/mol. The number of carbonyl (C=O) groups is 1. The molecule has 3 rings (SSSR count). The Balaban J connectivity index is 2.24. The maximum absolute atomic E-state index is 12.0. The number of rotatable bonds is 2. The van der Waals surface area contributed by atoms with Crippen LogP contribution in [0.2, 0.25) is 10.0 Å². The van der Waals surface area contributed by atoms with Crippen molar-refractivity contribution in [2.24, 2.45) is 5.73 Å². The Labute approximate surface area is 128 Å². The van der Waals surface area contributed by atoms with Crippen molar-refractivity contribution in [3.05, 3.63) is 56.6 Å². The molecule has 0 saturated carbocycles. The van der Waals surface area contributed by atoms with Crippen LogP contribution in [-0.2, 0) is 0 Å². The summed E-state index contributed by atoms with van der Waals surface area (Å²) in [6.07, 6.45) is 1.55. The summed E-state index contributed by atoms with van der Waals surface area (Å²) >= 11 is 12.0. The van der Waals surface area contributed by atoms with Gasteiger partial charge >= 0.3 is 0 Å². The Bertz CT molecular complexity index is 930. The summed E-state index contributed by atoms with van der Waals surface area (Å²) in [5, 5.41) is 4.84. The molecule has 2 aromatic heterocycles. The molecule has 0 radical (unpaired) electrons. The van der Waals surface area contributed by atoms with Crippen molar-refractivity contribution in [1.29, 1.82) is 0 Å². The number of hydrogen-bond donors (Lipinski definition) is 2. The van der Waals surface area contributed by atoms with E-state index in [1.807, 2.05) is 0 Å². The van der Waals surface area contributed by atoms with E-state index < -0.39 is 11.5 Å². The largest absolute Gasteiger partial charge is 0.364 e. The number of carbonyl (C=O) groups excluding carboxylic acids is 1. The van der Waals surface area contributed by atoms with Crippen LogP contribution in [0.25, 0.3) is 16.8 Å². The molecule has 0 aliphatic heterocycles. The molecule has 0 spiro atoms. The van der Waals surface area contributed by atoms with Crippen LogP contribution in [0.4, 0.5) is 0 Å². The fourth-order valence-electron chi connectivity index (χ4n) is 1.97. The topological polar surface area (TPSA) is 93.2 Å². The Hall–Kier alpha value is -2.31. The van der Waals surface area contributed by atoms with Crippen LogP contribution in [0.1, 0.15) is 10.5 Å². The van der Waals surface area contributed by atoms with Crippen LogP contribution in [0.15, 0.2) is 35.3 Å². The molecule has 0 fully saturated rings. The first-order chi connectivity index (χ1) is 9.95. The predicted octanol–water partition coefficient (Wildman–Crippen LogP) is 2.10. The van der Waals surface area contributed by atoms with E-state index in [9.17, 15) is 9.59 Å². The average Bonchev–Trinajstić information content (AvgIpc) is 2.83. The number of halogens is 2. The van der Waals surface area contributed by atoms with Gasteiger partial charge in [-0.05, 0) is 18.2 Å². The minimum absolute atomic E-state index is 0.0138. The van der Waals surface area contributed by atoms with Crippen LogP contribution in [0, 0.1) is 0 Å². The molecule has 0 aliphatic rings. The van der Waals surface area contributed by atoms with Crippen molar-refractivity contribution in [2.45, 2.75) is 0 Å².